The minimum atomic E-state index is -4.74. The molecule has 9 nitrogen and oxygen atoms in total. The molecule has 3 aromatic rings. The van der Waals surface area contributed by atoms with Crippen LogP contribution in [0.15, 0.2) is 48.5 Å². The second-order valence-corrected chi connectivity index (χ2v) is 9.09. The Balaban J connectivity index is 1.63. The molecule has 202 valence electrons. The average Bonchev–Trinajstić information content (AvgIpc) is 3.58. The number of carbonyl (C=O) groups excluding carboxylic acids is 2. The SMILES string of the molecule is CC[C@@H](C(=O)NC[C@@H]1CCCO1)N(C(=O)Cn1nnc(-c2ccc(C)cc2)n1)c1ccccc1C(F)(F)F. The fourth-order valence-electron chi connectivity index (χ4n) is 4.35. The van der Waals surface area contributed by atoms with E-state index in [2.05, 4.69) is 20.7 Å². The minimum Gasteiger partial charge on any atom is -0.376 e. The Morgan fingerprint density at radius 2 is 1.92 bits per heavy atom. The lowest BCUT2D eigenvalue weighted by molar-refractivity contribution is -0.137. The molecule has 0 unspecified atom stereocenters. The summed E-state index contributed by atoms with van der Waals surface area (Å²) < 4.78 is 47.4. The molecule has 1 fully saturated rings. The largest absolute Gasteiger partial charge is 0.418 e. The molecule has 4 rings (SSSR count). The monoisotopic (exact) mass is 530 g/mol. The lowest BCUT2D eigenvalue weighted by atomic mass is 10.1. The number of tetrazole rings is 1. The first-order chi connectivity index (χ1) is 18.2. The van der Waals surface area contributed by atoms with Gasteiger partial charge in [-0.05, 0) is 43.5 Å². The summed E-state index contributed by atoms with van der Waals surface area (Å²) in [6.07, 6.45) is -3.18. The summed E-state index contributed by atoms with van der Waals surface area (Å²) in [4.78, 5) is 28.7. The summed E-state index contributed by atoms with van der Waals surface area (Å²) in [6, 6.07) is 10.8. The number of amides is 2. The van der Waals surface area contributed by atoms with Gasteiger partial charge in [0.2, 0.25) is 11.7 Å². The van der Waals surface area contributed by atoms with Crippen LogP contribution in [0.1, 0.15) is 37.3 Å². The Morgan fingerprint density at radius 1 is 1.18 bits per heavy atom. The summed E-state index contributed by atoms with van der Waals surface area (Å²) in [5, 5.41) is 14.8. The first kappa shape index (κ1) is 27.2. The lowest BCUT2D eigenvalue weighted by Gasteiger charge is -2.32. The molecule has 0 saturated carbocycles. The lowest BCUT2D eigenvalue weighted by Crippen LogP contribution is -2.52. The van der Waals surface area contributed by atoms with Crippen LogP contribution in [-0.2, 0) is 27.0 Å². The van der Waals surface area contributed by atoms with E-state index in [0.717, 1.165) is 34.2 Å². The number of alkyl halides is 3. The number of aromatic nitrogens is 4. The number of anilines is 1. The summed E-state index contributed by atoms with van der Waals surface area (Å²) in [6.45, 7) is 3.86. The van der Waals surface area contributed by atoms with Gasteiger partial charge in [0.1, 0.15) is 12.6 Å². The van der Waals surface area contributed by atoms with Crippen LogP contribution in [0.2, 0.25) is 0 Å². The van der Waals surface area contributed by atoms with Gasteiger partial charge in [-0.15, -0.1) is 10.2 Å². The highest BCUT2D eigenvalue weighted by Gasteiger charge is 2.39. The number of carbonyl (C=O) groups is 2. The number of hydrogen-bond acceptors (Lipinski definition) is 6. The first-order valence-electron chi connectivity index (χ1n) is 12.4. The van der Waals surface area contributed by atoms with Crippen LogP contribution in [-0.4, -0.2) is 57.3 Å². The maximum Gasteiger partial charge on any atom is 0.418 e. The Morgan fingerprint density at radius 3 is 2.58 bits per heavy atom. The second kappa shape index (κ2) is 11.7. The number of para-hydroxylation sites is 1. The Labute approximate surface area is 218 Å². The molecule has 2 amide bonds. The molecule has 1 aromatic heterocycles. The van der Waals surface area contributed by atoms with Gasteiger partial charge in [0.05, 0.1) is 17.4 Å². The van der Waals surface area contributed by atoms with E-state index in [-0.39, 0.29) is 24.9 Å². The Hall–Kier alpha value is -3.80. The number of ether oxygens (including phenoxy) is 1. The van der Waals surface area contributed by atoms with Gasteiger partial charge in [0.15, 0.2) is 0 Å². The van der Waals surface area contributed by atoms with E-state index < -0.39 is 41.8 Å². The number of halogens is 3. The molecule has 1 aliphatic heterocycles. The normalized spacial score (nSPS) is 16.3. The smallest absolute Gasteiger partial charge is 0.376 e. The second-order valence-electron chi connectivity index (χ2n) is 9.09. The molecular formula is C26H29F3N6O3. The number of nitrogens with one attached hydrogen (secondary N) is 1. The average molecular weight is 531 g/mol. The van der Waals surface area contributed by atoms with Crippen LogP contribution in [0, 0.1) is 6.92 Å². The van der Waals surface area contributed by atoms with Crippen molar-refractivity contribution in [2.75, 3.05) is 18.1 Å². The molecular weight excluding hydrogens is 501 g/mol. The van der Waals surface area contributed by atoms with Gasteiger partial charge < -0.3 is 10.1 Å². The van der Waals surface area contributed by atoms with Crippen LogP contribution in [0.25, 0.3) is 11.4 Å². The Bertz CT molecular complexity index is 1260. The van der Waals surface area contributed by atoms with Gasteiger partial charge >= 0.3 is 6.18 Å². The highest BCUT2D eigenvalue weighted by molar-refractivity contribution is 6.01. The van der Waals surface area contributed by atoms with Crippen molar-refractivity contribution in [3.63, 3.8) is 0 Å². The zero-order valence-electron chi connectivity index (χ0n) is 21.1. The number of aryl methyl sites for hydroxylation is 1. The predicted octanol–water partition coefficient (Wildman–Crippen LogP) is 3.77. The standard InChI is InChI=1S/C26H29F3N6O3/c1-3-21(25(37)30-15-19-7-6-14-38-19)35(22-9-5-4-8-20(22)26(27,28)29)23(36)16-34-32-24(31-33-34)18-12-10-17(2)11-13-18/h4-5,8-13,19,21H,3,6-7,14-16H2,1-2H3,(H,30,37)/t19-,21-/m0/s1. The zero-order valence-corrected chi connectivity index (χ0v) is 21.1. The third kappa shape index (κ3) is 6.36. The van der Waals surface area contributed by atoms with Crippen molar-refractivity contribution >= 4 is 17.5 Å². The zero-order chi connectivity index (χ0) is 27.3. The number of nitrogens with zero attached hydrogens (tertiary/aromatic N) is 5. The summed E-state index contributed by atoms with van der Waals surface area (Å²) in [7, 11) is 0. The Kier molecular flexibility index (Phi) is 8.40. The maximum atomic E-state index is 13.9. The van der Waals surface area contributed by atoms with Crippen LogP contribution in [0.5, 0.6) is 0 Å². The molecule has 2 heterocycles. The third-order valence-corrected chi connectivity index (χ3v) is 6.31. The molecule has 2 aromatic carbocycles. The molecule has 38 heavy (non-hydrogen) atoms. The van der Waals surface area contributed by atoms with Crippen LogP contribution >= 0.6 is 0 Å². The van der Waals surface area contributed by atoms with Gasteiger partial charge in [0.25, 0.3) is 5.91 Å². The third-order valence-electron chi connectivity index (χ3n) is 6.31. The highest BCUT2D eigenvalue weighted by atomic mass is 19.4. The van der Waals surface area contributed by atoms with Crippen LogP contribution in [0.3, 0.4) is 0 Å². The highest BCUT2D eigenvalue weighted by Crippen LogP contribution is 2.37. The summed E-state index contributed by atoms with van der Waals surface area (Å²) in [5.74, 6) is -1.09. The fourth-order valence-corrected chi connectivity index (χ4v) is 4.35. The molecule has 1 aliphatic rings. The summed E-state index contributed by atoms with van der Waals surface area (Å²) in [5.41, 5.74) is 0.279. The molecule has 0 radical (unpaired) electrons. The topological polar surface area (TPSA) is 102 Å². The molecule has 0 aliphatic carbocycles. The van der Waals surface area contributed by atoms with Crippen molar-refractivity contribution in [2.24, 2.45) is 0 Å². The van der Waals surface area contributed by atoms with Gasteiger partial charge in [-0.25, -0.2) is 0 Å². The predicted molar refractivity (Wildman–Crippen MR) is 133 cm³/mol. The van der Waals surface area contributed by atoms with Crippen molar-refractivity contribution < 1.29 is 27.5 Å². The molecule has 1 saturated heterocycles. The quantitative estimate of drug-likeness (QED) is 0.452. The molecule has 2 atom stereocenters. The fraction of sp³-hybridized carbons (Fsp3) is 0.423. The van der Waals surface area contributed by atoms with E-state index in [1.165, 1.54) is 18.2 Å². The van der Waals surface area contributed by atoms with E-state index in [0.29, 0.717) is 12.2 Å². The van der Waals surface area contributed by atoms with Crippen molar-refractivity contribution in [3.05, 3.63) is 59.7 Å². The number of rotatable bonds is 9. The van der Waals surface area contributed by atoms with E-state index in [4.69, 9.17) is 4.74 Å². The van der Waals surface area contributed by atoms with Gasteiger partial charge in [-0.2, -0.15) is 18.0 Å². The van der Waals surface area contributed by atoms with Gasteiger partial charge in [-0.1, -0.05) is 48.9 Å². The van der Waals surface area contributed by atoms with E-state index in [9.17, 15) is 22.8 Å². The first-order valence-corrected chi connectivity index (χ1v) is 12.4. The number of hydrogen-bond donors (Lipinski definition) is 1. The number of benzene rings is 2. The molecule has 0 bridgehead atoms. The molecule has 1 N–H and O–H groups in total. The van der Waals surface area contributed by atoms with Crippen LogP contribution in [0.4, 0.5) is 18.9 Å². The van der Waals surface area contributed by atoms with E-state index in [1.807, 2.05) is 19.1 Å². The van der Waals surface area contributed by atoms with Crippen molar-refractivity contribution in [2.45, 2.75) is 58.0 Å². The summed E-state index contributed by atoms with van der Waals surface area (Å²) >= 11 is 0. The van der Waals surface area contributed by atoms with E-state index in [1.54, 1.807) is 19.1 Å². The maximum absolute atomic E-state index is 13.9. The van der Waals surface area contributed by atoms with Crippen molar-refractivity contribution in [1.82, 2.24) is 25.5 Å². The van der Waals surface area contributed by atoms with Crippen molar-refractivity contribution in [1.29, 1.82) is 0 Å². The van der Waals surface area contributed by atoms with E-state index >= 15 is 0 Å². The molecule has 12 heteroatoms. The van der Waals surface area contributed by atoms with Crippen molar-refractivity contribution in [3.8, 4) is 11.4 Å². The van der Waals surface area contributed by atoms with Crippen LogP contribution < -0.4 is 10.2 Å². The minimum absolute atomic E-state index is 0.0781. The van der Waals surface area contributed by atoms with Gasteiger partial charge in [0, 0.05) is 18.7 Å². The molecule has 0 spiro atoms. The van der Waals surface area contributed by atoms with Gasteiger partial charge in [-0.3, -0.25) is 14.5 Å².